The highest BCUT2D eigenvalue weighted by Crippen LogP contribution is 2.33. The van der Waals surface area contributed by atoms with Crippen molar-refractivity contribution < 1.29 is 33.3 Å². The second-order valence-corrected chi connectivity index (χ2v) is 4.11. The fourth-order valence-electron chi connectivity index (χ4n) is 1.29. The third-order valence-corrected chi connectivity index (χ3v) is 2.53. The Morgan fingerprint density at radius 1 is 1.42 bits per heavy atom. The molecule has 0 spiro atoms. The van der Waals surface area contributed by atoms with Crippen molar-refractivity contribution in [3.8, 4) is 0 Å². The molecule has 5 nitrogen and oxygen atoms in total. The highest BCUT2D eigenvalue weighted by Gasteiger charge is 2.33. The predicted molar refractivity (Wildman–Crippen MR) is 57.5 cm³/mol. The van der Waals surface area contributed by atoms with Crippen molar-refractivity contribution in [2.45, 2.75) is 24.8 Å². The Kier molecular flexibility index (Phi) is 4.72. The summed E-state index contributed by atoms with van der Waals surface area (Å²) in [5.74, 6) is -1.38. The normalized spacial score (nSPS) is 15.1. The Bertz CT molecular complexity index is 480. The highest BCUT2D eigenvalue weighted by molar-refractivity contribution is 6.31. The fourth-order valence-corrected chi connectivity index (χ4v) is 1.57. The van der Waals surface area contributed by atoms with Gasteiger partial charge >= 0.3 is 12.1 Å². The molecule has 0 amide bonds. The van der Waals surface area contributed by atoms with E-state index in [0.717, 1.165) is 0 Å². The van der Waals surface area contributed by atoms with Crippen LogP contribution in [-0.4, -0.2) is 32.4 Å². The molecule has 0 radical (unpaired) electrons. The highest BCUT2D eigenvalue weighted by atomic mass is 35.5. The van der Waals surface area contributed by atoms with E-state index < -0.39 is 47.1 Å². The van der Waals surface area contributed by atoms with Crippen molar-refractivity contribution in [1.82, 2.24) is 4.98 Å². The van der Waals surface area contributed by atoms with E-state index >= 15 is 0 Å². The van der Waals surface area contributed by atoms with Gasteiger partial charge in [0.1, 0.15) is 6.10 Å². The average Bonchev–Trinajstić information content (AvgIpc) is 2.25. The van der Waals surface area contributed by atoms with Gasteiger partial charge in [-0.05, 0) is 6.07 Å². The zero-order chi connectivity index (χ0) is 14.8. The maximum Gasteiger partial charge on any atom is 0.417 e. The summed E-state index contributed by atoms with van der Waals surface area (Å²) in [4.78, 5) is 13.7. The van der Waals surface area contributed by atoms with Crippen LogP contribution in [0.3, 0.4) is 0 Å². The molecule has 0 fully saturated rings. The number of carboxylic acids is 1. The number of nitrogens with zero attached hydrogens (tertiary/aromatic N) is 1. The van der Waals surface area contributed by atoms with Gasteiger partial charge in [0.2, 0.25) is 0 Å². The van der Waals surface area contributed by atoms with Gasteiger partial charge in [-0.15, -0.1) is 0 Å². The average molecular weight is 300 g/mol. The third kappa shape index (κ3) is 4.05. The van der Waals surface area contributed by atoms with Gasteiger partial charge in [-0.3, -0.25) is 9.78 Å². The maximum absolute atomic E-state index is 12.3. The second-order valence-electron chi connectivity index (χ2n) is 3.70. The Morgan fingerprint density at radius 3 is 2.42 bits per heavy atom. The summed E-state index contributed by atoms with van der Waals surface area (Å²) in [7, 11) is 0. The van der Waals surface area contributed by atoms with Crippen LogP contribution < -0.4 is 0 Å². The zero-order valence-electron chi connectivity index (χ0n) is 9.23. The van der Waals surface area contributed by atoms with E-state index in [-0.39, 0.29) is 0 Å². The molecular formula is C10H9ClF3NO4. The van der Waals surface area contributed by atoms with E-state index in [4.69, 9.17) is 16.7 Å². The van der Waals surface area contributed by atoms with Crippen LogP contribution in [0.2, 0.25) is 5.02 Å². The quantitative estimate of drug-likeness (QED) is 0.786. The van der Waals surface area contributed by atoms with Crippen molar-refractivity contribution in [2.75, 3.05) is 0 Å². The van der Waals surface area contributed by atoms with Crippen LogP contribution in [0.25, 0.3) is 0 Å². The lowest BCUT2D eigenvalue weighted by atomic mass is 10.1. The van der Waals surface area contributed by atoms with Gasteiger partial charge in [-0.25, -0.2) is 0 Å². The van der Waals surface area contributed by atoms with E-state index in [2.05, 4.69) is 4.98 Å². The lowest BCUT2D eigenvalue weighted by molar-refractivity contribution is -0.141. The third-order valence-electron chi connectivity index (χ3n) is 2.23. The topological polar surface area (TPSA) is 90.7 Å². The molecule has 19 heavy (non-hydrogen) atoms. The van der Waals surface area contributed by atoms with Crippen LogP contribution in [-0.2, 0) is 11.0 Å². The van der Waals surface area contributed by atoms with Crippen molar-refractivity contribution >= 4 is 17.6 Å². The molecule has 0 saturated heterocycles. The summed E-state index contributed by atoms with van der Waals surface area (Å²) in [5, 5.41) is 26.8. The number of carbonyl (C=O) groups is 1. The van der Waals surface area contributed by atoms with Crippen LogP contribution in [0.1, 0.15) is 23.8 Å². The summed E-state index contributed by atoms with van der Waals surface area (Å²) in [6.07, 6.45) is -8.50. The molecule has 0 bridgehead atoms. The summed E-state index contributed by atoms with van der Waals surface area (Å²) < 4.78 is 37.0. The van der Waals surface area contributed by atoms with Gasteiger partial charge in [-0.1, -0.05) is 11.6 Å². The number of carboxylic acid groups (broad SMARTS) is 1. The van der Waals surface area contributed by atoms with Gasteiger partial charge in [0.05, 0.1) is 28.8 Å². The molecular weight excluding hydrogens is 291 g/mol. The number of pyridine rings is 1. The second kappa shape index (κ2) is 5.72. The maximum atomic E-state index is 12.3. The molecule has 0 aromatic carbocycles. The molecule has 106 valence electrons. The van der Waals surface area contributed by atoms with Crippen LogP contribution >= 0.6 is 11.6 Å². The van der Waals surface area contributed by atoms with E-state index in [1.54, 1.807) is 0 Å². The summed E-state index contributed by atoms with van der Waals surface area (Å²) in [6, 6.07) is 0.542. The van der Waals surface area contributed by atoms with Crippen LogP contribution in [0.4, 0.5) is 13.2 Å². The predicted octanol–water partition coefficient (Wildman–Crippen LogP) is 1.62. The molecule has 0 aliphatic heterocycles. The molecule has 9 heteroatoms. The number of alkyl halides is 3. The molecule has 1 aromatic heterocycles. The molecule has 0 aliphatic rings. The minimum atomic E-state index is -4.64. The van der Waals surface area contributed by atoms with E-state index in [1.165, 1.54) is 0 Å². The first kappa shape index (κ1) is 15.7. The number of aliphatic hydroxyl groups is 2. The van der Waals surface area contributed by atoms with Crippen molar-refractivity contribution in [1.29, 1.82) is 0 Å². The van der Waals surface area contributed by atoms with Gasteiger partial charge < -0.3 is 15.3 Å². The number of halogens is 4. The van der Waals surface area contributed by atoms with Gasteiger partial charge in [0, 0.05) is 6.20 Å². The smallest absolute Gasteiger partial charge is 0.417 e. The minimum absolute atomic E-state index is 0.414. The molecule has 1 heterocycles. The lowest BCUT2D eigenvalue weighted by Gasteiger charge is -2.17. The molecule has 1 rings (SSSR count). The summed E-state index contributed by atoms with van der Waals surface area (Å²) >= 11 is 5.53. The Morgan fingerprint density at radius 2 is 2.00 bits per heavy atom. The summed E-state index contributed by atoms with van der Waals surface area (Å²) in [5.41, 5.74) is -1.52. The molecule has 0 aliphatic carbocycles. The molecule has 3 N–H and O–H groups in total. The van der Waals surface area contributed by atoms with Crippen LogP contribution in [0.15, 0.2) is 12.3 Å². The first-order valence-electron chi connectivity index (χ1n) is 4.93. The lowest BCUT2D eigenvalue weighted by Crippen LogP contribution is -2.23. The first-order valence-corrected chi connectivity index (χ1v) is 5.31. The molecule has 0 saturated carbocycles. The number of hydrogen-bond donors (Lipinski definition) is 3. The van der Waals surface area contributed by atoms with E-state index in [9.17, 15) is 28.2 Å². The van der Waals surface area contributed by atoms with Gasteiger partial charge in [0.25, 0.3) is 0 Å². The molecule has 2 unspecified atom stereocenters. The SMILES string of the molecule is O=C(O)CC(O)C(O)c1ncc(C(F)(F)F)cc1Cl. The fraction of sp³-hybridized carbons (Fsp3) is 0.400. The molecule has 2 atom stereocenters. The van der Waals surface area contributed by atoms with E-state index in [0.29, 0.717) is 12.3 Å². The number of hydrogen-bond acceptors (Lipinski definition) is 4. The standard InChI is InChI=1S/C10H9ClF3NO4/c11-5-1-4(10(12,13)14)3-15-8(5)9(19)6(16)2-7(17)18/h1,3,6,9,16,19H,2H2,(H,17,18). The van der Waals surface area contributed by atoms with Crippen molar-refractivity contribution in [2.24, 2.45) is 0 Å². The van der Waals surface area contributed by atoms with Crippen molar-refractivity contribution in [3.63, 3.8) is 0 Å². The number of aliphatic carboxylic acids is 1. The first-order chi connectivity index (χ1) is 8.62. The monoisotopic (exact) mass is 299 g/mol. The Balaban J connectivity index is 2.99. The molecule has 1 aromatic rings. The zero-order valence-corrected chi connectivity index (χ0v) is 9.98. The number of aliphatic hydroxyl groups excluding tert-OH is 2. The minimum Gasteiger partial charge on any atom is -0.481 e. The van der Waals surface area contributed by atoms with Gasteiger partial charge in [-0.2, -0.15) is 13.2 Å². The Hall–Kier alpha value is -1.38. The van der Waals surface area contributed by atoms with Crippen LogP contribution in [0.5, 0.6) is 0 Å². The van der Waals surface area contributed by atoms with E-state index in [1.807, 2.05) is 0 Å². The summed E-state index contributed by atoms with van der Waals surface area (Å²) in [6.45, 7) is 0. The number of rotatable bonds is 4. The largest absolute Gasteiger partial charge is 0.481 e. The van der Waals surface area contributed by atoms with Crippen LogP contribution in [0, 0.1) is 0 Å². The van der Waals surface area contributed by atoms with Crippen molar-refractivity contribution in [3.05, 3.63) is 28.5 Å². The number of aromatic nitrogens is 1. The van der Waals surface area contributed by atoms with Gasteiger partial charge in [0.15, 0.2) is 0 Å². The Labute approximate surface area is 110 Å².